The van der Waals surface area contributed by atoms with Crippen LogP contribution in [0.2, 0.25) is 0 Å². The molecule has 0 spiro atoms. The van der Waals surface area contributed by atoms with E-state index < -0.39 is 5.60 Å². The van der Waals surface area contributed by atoms with Crippen molar-refractivity contribution in [3.05, 3.63) is 83.5 Å². The summed E-state index contributed by atoms with van der Waals surface area (Å²) in [6, 6.07) is 13.4. The van der Waals surface area contributed by atoms with Crippen LogP contribution in [-0.2, 0) is 15.1 Å². The molecule has 2 N–H and O–H groups in total. The van der Waals surface area contributed by atoms with E-state index in [1.165, 1.54) is 0 Å². The summed E-state index contributed by atoms with van der Waals surface area (Å²) in [4.78, 5) is 12.5. The first kappa shape index (κ1) is 14.6. The topological polar surface area (TPSA) is 66.8 Å². The third-order valence-corrected chi connectivity index (χ3v) is 4.65. The van der Waals surface area contributed by atoms with Crippen LogP contribution in [-0.4, -0.2) is 16.2 Å². The summed E-state index contributed by atoms with van der Waals surface area (Å²) >= 11 is 0. The van der Waals surface area contributed by atoms with Crippen LogP contribution in [0.1, 0.15) is 17.5 Å². The van der Waals surface area contributed by atoms with Crippen molar-refractivity contribution >= 4 is 5.97 Å². The van der Waals surface area contributed by atoms with Crippen molar-refractivity contribution in [2.45, 2.75) is 12.0 Å². The number of esters is 1. The first-order valence-corrected chi connectivity index (χ1v) is 7.80. The van der Waals surface area contributed by atoms with Gasteiger partial charge in [0, 0.05) is 11.1 Å². The second kappa shape index (κ2) is 5.27. The lowest BCUT2D eigenvalue weighted by Gasteiger charge is -2.31. The SMILES string of the molecule is O=C1OC(c2ccc(O)cc2)(c2ccc(O)cc2)C2=CC=CCC12. The number of aromatic hydroxyl groups is 2. The number of ether oxygens (including phenoxy) is 1. The average Bonchev–Trinajstić information content (AvgIpc) is 2.91. The van der Waals surface area contributed by atoms with Crippen molar-refractivity contribution in [3.63, 3.8) is 0 Å². The fourth-order valence-corrected chi connectivity index (χ4v) is 3.51. The summed E-state index contributed by atoms with van der Waals surface area (Å²) < 4.78 is 5.94. The highest BCUT2D eigenvalue weighted by Gasteiger charge is 2.53. The van der Waals surface area contributed by atoms with E-state index in [4.69, 9.17) is 4.74 Å². The summed E-state index contributed by atoms with van der Waals surface area (Å²) in [5.41, 5.74) is 1.38. The third-order valence-electron chi connectivity index (χ3n) is 4.65. The highest BCUT2D eigenvalue weighted by atomic mass is 16.6. The van der Waals surface area contributed by atoms with Gasteiger partial charge >= 0.3 is 5.97 Å². The molecule has 4 nitrogen and oxygen atoms in total. The van der Waals surface area contributed by atoms with Crippen LogP contribution in [0.5, 0.6) is 11.5 Å². The van der Waals surface area contributed by atoms with Gasteiger partial charge in [0.15, 0.2) is 5.60 Å². The monoisotopic (exact) mass is 320 g/mol. The van der Waals surface area contributed by atoms with E-state index in [1.807, 2.05) is 18.2 Å². The van der Waals surface area contributed by atoms with E-state index in [-0.39, 0.29) is 23.4 Å². The van der Waals surface area contributed by atoms with Crippen molar-refractivity contribution in [1.29, 1.82) is 0 Å². The van der Waals surface area contributed by atoms with Crippen LogP contribution in [0.25, 0.3) is 0 Å². The van der Waals surface area contributed by atoms with Gasteiger partial charge in [-0.2, -0.15) is 0 Å². The maximum atomic E-state index is 12.5. The van der Waals surface area contributed by atoms with Crippen LogP contribution in [0.3, 0.4) is 0 Å². The van der Waals surface area contributed by atoms with Gasteiger partial charge in [-0.3, -0.25) is 4.79 Å². The molecule has 1 heterocycles. The van der Waals surface area contributed by atoms with Gasteiger partial charge in [-0.05, 0) is 36.3 Å². The van der Waals surface area contributed by atoms with Gasteiger partial charge in [-0.25, -0.2) is 0 Å². The second-order valence-electron chi connectivity index (χ2n) is 6.03. The fraction of sp³-hybridized carbons (Fsp3) is 0.150. The minimum absolute atomic E-state index is 0.151. The summed E-state index contributed by atoms with van der Waals surface area (Å²) in [6.45, 7) is 0. The van der Waals surface area contributed by atoms with Crippen molar-refractivity contribution in [2.24, 2.45) is 5.92 Å². The largest absolute Gasteiger partial charge is 0.508 e. The third kappa shape index (κ3) is 2.03. The minimum Gasteiger partial charge on any atom is -0.508 e. The molecule has 2 aromatic rings. The van der Waals surface area contributed by atoms with E-state index in [2.05, 4.69) is 0 Å². The Morgan fingerprint density at radius 1 is 0.917 bits per heavy atom. The molecule has 120 valence electrons. The molecule has 4 heteroatoms. The number of carbonyl (C=O) groups excluding carboxylic acids is 1. The molecule has 0 aromatic heterocycles. The number of phenolic OH excluding ortho intramolecular Hbond substituents is 2. The molecule has 1 fully saturated rings. The first-order chi connectivity index (χ1) is 11.6. The maximum absolute atomic E-state index is 12.5. The van der Waals surface area contributed by atoms with Crippen LogP contribution < -0.4 is 0 Å². The summed E-state index contributed by atoms with van der Waals surface area (Å²) in [5, 5.41) is 19.2. The van der Waals surface area contributed by atoms with Crippen LogP contribution in [0.4, 0.5) is 0 Å². The number of carbonyl (C=O) groups is 1. The van der Waals surface area contributed by atoms with Gasteiger partial charge in [0.1, 0.15) is 11.5 Å². The molecule has 24 heavy (non-hydrogen) atoms. The number of benzene rings is 2. The molecular weight excluding hydrogens is 304 g/mol. The molecule has 2 aromatic carbocycles. The summed E-state index contributed by atoms with van der Waals surface area (Å²) in [5.74, 6) is -0.264. The number of hydrogen-bond acceptors (Lipinski definition) is 4. The van der Waals surface area contributed by atoms with Gasteiger partial charge in [-0.15, -0.1) is 0 Å². The fourth-order valence-electron chi connectivity index (χ4n) is 3.51. The zero-order valence-corrected chi connectivity index (χ0v) is 12.8. The zero-order valence-electron chi connectivity index (χ0n) is 12.8. The number of fused-ring (bicyclic) bond motifs is 1. The molecular formula is C20H16O4. The smallest absolute Gasteiger partial charge is 0.315 e. The molecule has 4 rings (SSSR count). The van der Waals surface area contributed by atoms with Crippen LogP contribution >= 0.6 is 0 Å². The Morgan fingerprint density at radius 2 is 1.46 bits per heavy atom. The Labute approximate surface area is 139 Å². The van der Waals surface area contributed by atoms with Crippen LogP contribution in [0.15, 0.2) is 72.3 Å². The van der Waals surface area contributed by atoms with E-state index in [9.17, 15) is 15.0 Å². The normalized spacial score (nSPS) is 21.1. The van der Waals surface area contributed by atoms with Crippen molar-refractivity contribution in [2.75, 3.05) is 0 Å². The lowest BCUT2D eigenvalue weighted by Crippen LogP contribution is -2.29. The molecule has 1 saturated heterocycles. The minimum atomic E-state index is -1.03. The molecule has 1 aliphatic heterocycles. The van der Waals surface area contributed by atoms with E-state index in [0.29, 0.717) is 6.42 Å². The molecule has 1 aliphatic carbocycles. The standard InChI is InChI=1S/C20H16O4/c21-15-9-5-13(6-10-15)20(14-7-11-16(22)12-8-14)18-4-2-1-3-17(18)19(23)24-20/h1-2,4-12,17,21-22H,3H2. The molecule has 1 unspecified atom stereocenters. The first-order valence-electron chi connectivity index (χ1n) is 7.80. The van der Waals surface area contributed by atoms with Crippen LogP contribution in [0, 0.1) is 5.92 Å². The number of rotatable bonds is 2. The molecule has 1 atom stereocenters. The molecule has 0 radical (unpaired) electrons. The van der Waals surface area contributed by atoms with Crippen molar-refractivity contribution in [3.8, 4) is 11.5 Å². The summed E-state index contributed by atoms with van der Waals surface area (Å²) in [7, 11) is 0. The quantitative estimate of drug-likeness (QED) is 0.832. The molecule has 0 bridgehead atoms. The molecule has 2 aliphatic rings. The number of phenols is 2. The Balaban J connectivity index is 1.98. The summed E-state index contributed by atoms with van der Waals surface area (Å²) in [6.07, 6.45) is 6.43. The Morgan fingerprint density at radius 3 is 2.00 bits per heavy atom. The lowest BCUT2D eigenvalue weighted by molar-refractivity contribution is -0.148. The predicted molar refractivity (Wildman–Crippen MR) is 88.4 cm³/mol. The van der Waals surface area contributed by atoms with Gasteiger partial charge in [-0.1, -0.05) is 42.5 Å². The van der Waals surface area contributed by atoms with Gasteiger partial charge in [0.25, 0.3) is 0 Å². The number of allylic oxidation sites excluding steroid dienone is 3. The second-order valence-corrected chi connectivity index (χ2v) is 6.03. The maximum Gasteiger partial charge on any atom is 0.315 e. The highest BCUT2D eigenvalue weighted by Crippen LogP contribution is 2.51. The van der Waals surface area contributed by atoms with E-state index in [1.54, 1.807) is 48.5 Å². The predicted octanol–water partition coefficient (Wildman–Crippen LogP) is 3.40. The average molecular weight is 320 g/mol. The highest BCUT2D eigenvalue weighted by molar-refractivity contribution is 5.84. The van der Waals surface area contributed by atoms with Gasteiger partial charge in [0.05, 0.1) is 5.92 Å². The van der Waals surface area contributed by atoms with Gasteiger partial charge in [0.2, 0.25) is 0 Å². The Bertz CT molecular complexity index is 799. The Hall–Kier alpha value is -3.01. The number of hydrogen-bond donors (Lipinski definition) is 2. The molecule has 0 amide bonds. The lowest BCUT2D eigenvalue weighted by atomic mass is 9.75. The van der Waals surface area contributed by atoms with E-state index in [0.717, 1.165) is 16.7 Å². The number of cyclic esters (lactones) is 1. The Kier molecular flexibility index (Phi) is 3.20. The van der Waals surface area contributed by atoms with Crippen molar-refractivity contribution < 1.29 is 19.7 Å². The van der Waals surface area contributed by atoms with E-state index >= 15 is 0 Å². The van der Waals surface area contributed by atoms with Crippen molar-refractivity contribution in [1.82, 2.24) is 0 Å². The van der Waals surface area contributed by atoms with Gasteiger partial charge < -0.3 is 14.9 Å². The molecule has 0 saturated carbocycles. The zero-order chi connectivity index (χ0) is 16.7.